The van der Waals surface area contributed by atoms with Gasteiger partial charge in [0.2, 0.25) is 5.89 Å². The summed E-state index contributed by atoms with van der Waals surface area (Å²) in [6.45, 7) is 0. The molecule has 8 heteroatoms. The van der Waals surface area contributed by atoms with E-state index in [9.17, 15) is 9.18 Å². The summed E-state index contributed by atoms with van der Waals surface area (Å²) >= 11 is 0. The lowest BCUT2D eigenvalue weighted by atomic mass is 10.1. The summed E-state index contributed by atoms with van der Waals surface area (Å²) in [6.07, 6.45) is 2.87. The minimum Gasteiger partial charge on any atom is -0.441 e. The predicted octanol–water partition coefficient (Wildman–Crippen LogP) is 3.78. The first-order valence-corrected chi connectivity index (χ1v) is 7.60. The maximum Gasteiger partial charge on any atom is 0.304 e. The van der Waals surface area contributed by atoms with Crippen LogP contribution in [-0.2, 0) is 0 Å². The molecule has 0 radical (unpaired) electrons. The van der Waals surface area contributed by atoms with E-state index in [1.165, 1.54) is 30.7 Å². The molecule has 0 fully saturated rings. The van der Waals surface area contributed by atoms with Crippen LogP contribution < -0.4 is 5.32 Å². The van der Waals surface area contributed by atoms with E-state index in [0.29, 0.717) is 11.3 Å². The summed E-state index contributed by atoms with van der Waals surface area (Å²) in [4.78, 5) is 16.2. The number of carbonyl (C=O) groups excluding carboxylic acids is 1. The quantitative estimate of drug-likeness (QED) is 0.602. The van der Waals surface area contributed by atoms with E-state index in [1.54, 1.807) is 30.3 Å². The molecule has 0 aliphatic heterocycles. The summed E-state index contributed by atoms with van der Waals surface area (Å²) in [5, 5.41) is 10.5. The molecule has 128 valence electrons. The zero-order chi connectivity index (χ0) is 17.9. The Bertz CT molecular complexity index is 1060. The molecule has 1 N–H and O–H groups in total. The van der Waals surface area contributed by atoms with Crippen molar-refractivity contribution in [2.45, 2.75) is 0 Å². The van der Waals surface area contributed by atoms with Crippen LogP contribution in [0, 0.1) is 5.82 Å². The number of rotatable bonds is 4. The number of benzene rings is 2. The lowest BCUT2D eigenvalue weighted by molar-refractivity contribution is 0.102. The highest BCUT2D eigenvalue weighted by molar-refractivity contribution is 6.04. The Morgan fingerprint density at radius 1 is 1.00 bits per heavy atom. The maximum atomic E-state index is 13.7. The Labute approximate surface area is 146 Å². The van der Waals surface area contributed by atoms with Gasteiger partial charge in [-0.1, -0.05) is 18.2 Å². The average molecular weight is 350 g/mol. The normalized spacial score (nSPS) is 10.7. The molecule has 0 aliphatic carbocycles. The van der Waals surface area contributed by atoms with Gasteiger partial charge >= 0.3 is 5.89 Å². The molecule has 26 heavy (non-hydrogen) atoms. The van der Waals surface area contributed by atoms with Gasteiger partial charge in [0.15, 0.2) is 0 Å². The molecular formula is C18H11FN4O3. The van der Waals surface area contributed by atoms with Crippen molar-refractivity contribution in [2.24, 2.45) is 0 Å². The standard InChI is InChI=1S/C18H11FN4O3/c19-14-7-2-1-6-13(14)15(24)21-12-5-3-4-11(10-12)16-22-23-18(26-16)17-20-8-9-25-17/h1-10H,(H,21,24). The van der Waals surface area contributed by atoms with Crippen molar-refractivity contribution >= 4 is 11.6 Å². The fraction of sp³-hybridized carbons (Fsp3) is 0. The smallest absolute Gasteiger partial charge is 0.304 e. The van der Waals surface area contributed by atoms with Gasteiger partial charge in [0.05, 0.1) is 11.8 Å². The Hall–Kier alpha value is -3.81. The number of anilines is 1. The van der Waals surface area contributed by atoms with Crippen molar-refractivity contribution in [1.82, 2.24) is 15.2 Å². The van der Waals surface area contributed by atoms with Gasteiger partial charge < -0.3 is 14.2 Å². The van der Waals surface area contributed by atoms with Gasteiger partial charge in [0.1, 0.15) is 12.1 Å². The molecule has 2 aromatic heterocycles. The van der Waals surface area contributed by atoms with Crippen LogP contribution in [0.25, 0.3) is 23.2 Å². The Kier molecular flexibility index (Phi) is 3.98. The lowest BCUT2D eigenvalue weighted by Gasteiger charge is -2.06. The third kappa shape index (κ3) is 3.07. The van der Waals surface area contributed by atoms with E-state index in [2.05, 4.69) is 20.5 Å². The van der Waals surface area contributed by atoms with Gasteiger partial charge in [-0.2, -0.15) is 0 Å². The van der Waals surface area contributed by atoms with Gasteiger partial charge in [-0.15, -0.1) is 10.2 Å². The van der Waals surface area contributed by atoms with E-state index >= 15 is 0 Å². The van der Waals surface area contributed by atoms with E-state index in [1.807, 2.05) is 0 Å². The van der Waals surface area contributed by atoms with Crippen LogP contribution in [-0.4, -0.2) is 21.1 Å². The molecule has 0 bridgehead atoms. The highest BCUT2D eigenvalue weighted by Crippen LogP contribution is 2.25. The lowest BCUT2D eigenvalue weighted by Crippen LogP contribution is -2.13. The van der Waals surface area contributed by atoms with E-state index in [0.717, 1.165) is 0 Å². The maximum absolute atomic E-state index is 13.7. The zero-order valence-corrected chi connectivity index (χ0v) is 13.2. The molecule has 0 saturated heterocycles. The highest BCUT2D eigenvalue weighted by atomic mass is 19.1. The van der Waals surface area contributed by atoms with Gasteiger partial charge in [-0.25, -0.2) is 9.37 Å². The molecule has 0 aliphatic rings. The second kappa shape index (κ2) is 6.60. The molecule has 7 nitrogen and oxygen atoms in total. The second-order valence-electron chi connectivity index (χ2n) is 5.26. The van der Waals surface area contributed by atoms with Crippen LogP contribution in [0.4, 0.5) is 10.1 Å². The minimum atomic E-state index is -0.589. The fourth-order valence-corrected chi connectivity index (χ4v) is 2.33. The van der Waals surface area contributed by atoms with Crippen molar-refractivity contribution in [3.63, 3.8) is 0 Å². The van der Waals surface area contributed by atoms with Crippen molar-refractivity contribution in [1.29, 1.82) is 0 Å². The molecule has 2 heterocycles. The van der Waals surface area contributed by atoms with E-state index < -0.39 is 11.7 Å². The van der Waals surface area contributed by atoms with Crippen molar-refractivity contribution in [2.75, 3.05) is 5.32 Å². The Morgan fingerprint density at radius 3 is 2.65 bits per heavy atom. The SMILES string of the molecule is O=C(Nc1cccc(-c2nnc(-c3ncco3)o2)c1)c1ccccc1F. The molecule has 0 saturated carbocycles. The topological polar surface area (TPSA) is 94.1 Å². The molecule has 0 unspecified atom stereocenters. The number of amides is 1. The molecule has 4 aromatic rings. The third-order valence-corrected chi connectivity index (χ3v) is 3.53. The molecule has 0 atom stereocenters. The number of aromatic nitrogens is 3. The summed E-state index contributed by atoms with van der Waals surface area (Å²) in [5.74, 6) is -0.543. The minimum absolute atomic E-state index is 0.0399. The van der Waals surface area contributed by atoms with E-state index in [-0.39, 0.29) is 23.2 Å². The number of hydrogen-bond donors (Lipinski definition) is 1. The number of nitrogens with one attached hydrogen (secondary N) is 1. The van der Waals surface area contributed by atoms with Crippen molar-refractivity contribution in [3.8, 4) is 23.2 Å². The molecule has 2 aromatic carbocycles. The number of halogens is 1. The number of carbonyl (C=O) groups is 1. The van der Waals surface area contributed by atoms with Crippen LogP contribution in [0.5, 0.6) is 0 Å². The highest BCUT2D eigenvalue weighted by Gasteiger charge is 2.15. The Balaban J connectivity index is 1.57. The number of oxazole rings is 1. The Morgan fingerprint density at radius 2 is 1.85 bits per heavy atom. The van der Waals surface area contributed by atoms with Gasteiger partial charge in [0.25, 0.3) is 11.8 Å². The molecular weight excluding hydrogens is 339 g/mol. The monoisotopic (exact) mass is 350 g/mol. The van der Waals surface area contributed by atoms with Crippen LogP contribution in [0.15, 0.2) is 69.8 Å². The second-order valence-corrected chi connectivity index (χ2v) is 5.26. The molecule has 0 spiro atoms. The predicted molar refractivity (Wildman–Crippen MR) is 89.6 cm³/mol. The van der Waals surface area contributed by atoms with Crippen LogP contribution in [0.2, 0.25) is 0 Å². The first-order valence-electron chi connectivity index (χ1n) is 7.60. The number of nitrogens with zero attached hydrogens (tertiary/aromatic N) is 3. The summed E-state index contributed by atoms with van der Waals surface area (Å²) < 4.78 is 24.3. The first-order chi connectivity index (χ1) is 12.7. The first kappa shape index (κ1) is 15.7. The van der Waals surface area contributed by atoms with Gasteiger partial charge in [-0.3, -0.25) is 4.79 Å². The summed E-state index contributed by atoms with van der Waals surface area (Å²) in [7, 11) is 0. The third-order valence-electron chi connectivity index (χ3n) is 3.53. The van der Waals surface area contributed by atoms with E-state index in [4.69, 9.17) is 8.83 Å². The van der Waals surface area contributed by atoms with Gasteiger partial charge in [0, 0.05) is 11.3 Å². The summed E-state index contributed by atoms with van der Waals surface area (Å²) in [5.41, 5.74) is 1.01. The van der Waals surface area contributed by atoms with Crippen LogP contribution in [0.3, 0.4) is 0 Å². The van der Waals surface area contributed by atoms with Crippen molar-refractivity contribution in [3.05, 3.63) is 72.4 Å². The fourth-order valence-electron chi connectivity index (χ4n) is 2.33. The summed E-state index contributed by atoms with van der Waals surface area (Å²) in [6, 6.07) is 12.5. The average Bonchev–Trinajstić information content (AvgIpc) is 3.34. The molecule has 1 amide bonds. The van der Waals surface area contributed by atoms with Gasteiger partial charge in [-0.05, 0) is 30.3 Å². The number of hydrogen-bond acceptors (Lipinski definition) is 6. The van der Waals surface area contributed by atoms with Crippen molar-refractivity contribution < 1.29 is 18.0 Å². The largest absolute Gasteiger partial charge is 0.441 e. The van der Waals surface area contributed by atoms with Crippen LogP contribution >= 0.6 is 0 Å². The molecule has 4 rings (SSSR count). The zero-order valence-electron chi connectivity index (χ0n) is 13.2. The van der Waals surface area contributed by atoms with Crippen LogP contribution in [0.1, 0.15) is 10.4 Å².